The fourth-order valence-electron chi connectivity index (χ4n) is 3.06. The van der Waals surface area contributed by atoms with Gasteiger partial charge in [-0.3, -0.25) is 0 Å². The molecule has 0 aliphatic rings. The zero-order chi connectivity index (χ0) is 19.2. The summed E-state index contributed by atoms with van der Waals surface area (Å²) < 4.78 is 14.5. The maximum absolute atomic E-state index is 5.96. The average molecular weight is 387 g/mol. The van der Waals surface area contributed by atoms with E-state index in [0.717, 1.165) is 50.6 Å². The number of benzene rings is 2. The molecule has 4 nitrogen and oxygen atoms in total. The summed E-state index contributed by atoms with van der Waals surface area (Å²) in [6.07, 6.45) is 2.06. The van der Waals surface area contributed by atoms with Crippen LogP contribution in [0, 0.1) is 0 Å². The van der Waals surface area contributed by atoms with E-state index in [2.05, 4.69) is 74.4 Å². The van der Waals surface area contributed by atoms with Crippen molar-refractivity contribution in [1.82, 2.24) is 9.80 Å². The van der Waals surface area contributed by atoms with Gasteiger partial charge in [-0.05, 0) is 77.4 Å². The second kappa shape index (κ2) is 9.40. The molecular weight excluding hydrogens is 356 g/mol. The number of rotatable bonds is 10. The number of nitrogens with zero attached hydrogens (tertiary/aromatic N) is 2. The Morgan fingerprint density at radius 2 is 1.15 bits per heavy atom. The molecule has 3 aromatic rings. The Bertz CT molecular complexity index is 803. The maximum atomic E-state index is 5.96. The Morgan fingerprint density at radius 3 is 1.56 bits per heavy atom. The van der Waals surface area contributed by atoms with Crippen molar-refractivity contribution in [3.63, 3.8) is 0 Å². The number of hydrogen-bond donors (Lipinski definition) is 0. The van der Waals surface area contributed by atoms with Crippen molar-refractivity contribution in [2.75, 3.05) is 54.5 Å². The number of ether oxygens (including phenoxy) is 2. The molecule has 1 aromatic heterocycles. The van der Waals surface area contributed by atoms with Crippen LogP contribution in [0.15, 0.2) is 36.4 Å². The van der Waals surface area contributed by atoms with E-state index in [1.54, 1.807) is 0 Å². The molecular formula is C22H30N2O2S. The van der Waals surface area contributed by atoms with Gasteiger partial charge in [0, 0.05) is 33.3 Å². The Kier molecular flexibility index (Phi) is 6.94. The summed E-state index contributed by atoms with van der Waals surface area (Å²) in [5.41, 5.74) is 0. The van der Waals surface area contributed by atoms with E-state index in [4.69, 9.17) is 9.47 Å². The summed E-state index contributed by atoms with van der Waals surface area (Å²) in [4.78, 5) is 4.36. The molecule has 27 heavy (non-hydrogen) atoms. The number of fused-ring (bicyclic) bond motifs is 3. The Labute approximate surface area is 166 Å². The topological polar surface area (TPSA) is 24.9 Å². The maximum Gasteiger partial charge on any atom is 0.120 e. The largest absolute Gasteiger partial charge is 0.494 e. The molecule has 146 valence electrons. The quantitative estimate of drug-likeness (QED) is 0.471. The van der Waals surface area contributed by atoms with Crippen molar-refractivity contribution < 1.29 is 9.47 Å². The zero-order valence-electron chi connectivity index (χ0n) is 16.8. The first-order valence-electron chi connectivity index (χ1n) is 9.54. The van der Waals surface area contributed by atoms with Crippen LogP contribution in [0.2, 0.25) is 0 Å². The van der Waals surface area contributed by atoms with Crippen molar-refractivity contribution in [2.24, 2.45) is 0 Å². The fourth-order valence-corrected chi connectivity index (χ4v) is 4.12. The van der Waals surface area contributed by atoms with Gasteiger partial charge in [0.1, 0.15) is 11.5 Å². The minimum absolute atomic E-state index is 0.742. The van der Waals surface area contributed by atoms with Crippen molar-refractivity contribution in [1.29, 1.82) is 0 Å². The molecule has 0 atom stereocenters. The van der Waals surface area contributed by atoms with Gasteiger partial charge in [0.15, 0.2) is 0 Å². The zero-order valence-corrected chi connectivity index (χ0v) is 17.6. The third-order valence-electron chi connectivity index (χ3n) is 4.45. The van der Waals surface area contributed by atoms with Gasteiger partial charge in [-0.1, -0.05) is 0 Å². The highest BCUT2D eigenvalue weighted by Crippen LogP contribution is 2.37. The fraction of sp³-hybridized carbons (Fsp3) is 0.455. The van der Waals surface area contributed by atoms with Crippen LogP contribution in [-0.2, 0) is 0 Å². The Balaban J connectivity index is 1.71. The SMILES string of the molecule is CN(C)CCCOc1ccc2sc3ccc(OCCCN(C)C)cc3c2c1. The van der Waals surface area contributed by atoms with E-state index in [0.29, 0.717) is 0 Å². The Morgan fingerprint density at radius 1 is 0.704 bits per heavy atom. The summed E-state index contributed by atoms with van der Waals surface area (Å²) in [5.74, 6) is 1.89. The first kappa shape index (κ1) is 19.9. The highest BCUT2D eigenvalue weighted by atomic mass is 32.1. The van der Waals surface area contributed by atoms with Crippen LogP contribution in [0.4, 0.5) is 0 Å². The lowest BCUT2D eigenvalue weighted by Gasteiger charge is -2.11. The van der Waals surface area contributed by atoms with Crippen molar-refractivity contribution in [2.45, 2.75) is 12.8 Å². The van der Waals surface area contributed by atoms with Crippen LogP contribution >= 0.6 is 11.3 Å². The first-order chi connectivity index (χ1) is 13.0. The van der Waals surface area contributed by atoms with Gasteiger partial charge in [0.25, 0.3) is 0 Å². The summed E-state index contributed by atoms with van der Waals surface area (Å²) in [6.45, 7) is 3.56. The van der Waals surface area contributed by atoms with Crippen LogP contribution in [0.25, 0.3) is 20.2 Å². The van der Waals surface area contributed by atoms with E-state index in [1.807, 2.05) is 11.3 Å². The molecule has 0 saturated carbocycles. The highest BCUT2D eigenvalue weighted by Gasteiger charge is 2.08. The number of thiophene rings is 1. The van der Waals surface area contributed by atoms with Gasteiger partial charge in [0.2, 0.25) is 0 Å². The molecule has 0 aliphatic heterocycles. The molecule has 0 unspecified atom stereocenters. The summed E-state index contributed by atoms with van der Waals surface area (Å²) >= 11 is 1.82. The van der Waals surface area contributed by atoms with E-state index < -0.39 is 0 Å². The standard InChI is InChI=1S/C22H30N2O2S/c1-23(2)11-5-13-25-17-7-9-21-19(15-17)20-16-18(8-10-22(20)27-21)26-14-6-12-24(3)4/h7-10,15-16H,5-6,11-14H2,1-4H3. The molecule has 0 fully saturated rings. The summed E-state index contributed by atoms with van der Waals surface area (Å²) in [6, 6.07) is 12.8. The van der Waals surface area contributed by atoms with Crippen molar-refractivity contribution in [3.8, 4) is 11.5 Å². The van der Waals surface area contributed by atoms with E-state index in [-0.39, 0.29) is 0 Å². The molecule has 0 aliphatic carbocycles. The van der Waals surface area contributed by atoms with Crippen LogP contribution in [-0.4, -0.2) is 64.3 Å². The van der Waals surface area contributed by atoms with Crippen molar-refractivity contribution in [3.05, 3.63) is 36.4 Å². The first-order valence-corrected chi connectivity index (χ1v) is 10.4. The lowest BCUT2D eigenvalue weighted by molar-refractivity contribution is 0.281. The minimum Gasteiger partial charge on any atom is -0.494 e. The molecule has 0 N–H and O–H groups in total. The van der Waals surface area contributed by atoms with E-state index in [1.165, 1.54) is 20.2 Å². The average Bonchev–Trinajstić information content (AvgIpc) is 2.99. The minimum atomic E-state index is 0.742. The summed E-state index contributed by atoms with van der Waals surface area (Å²) in [7, 11) is 8.35. The normalized spacial score (nSPS) is 11.8. The van der Waals surface area contributed by atoms with Crippen LogP contribution < -0.4 is 9.47 Å². The lowest BCUT2D eigenvalue weighted by atomic mass is 10.1. The highest BCUT2D eigenvalue weighted by molar-refractivity contribution is 7.25. The smallest absolute Gasteiger partial charge is 0.120 e. The van der Waals surface area contributed by atoms with E-state index in [9.17, 15) is 0 Å². The van der Waals surface area contributed by atoms with Gasteiger partial charge >= 0.3 is 0 Å². The molecule has 0 amide bonds. The number of hydrogen-bond acceptors (Lipinski definition) is 5. The third-order valence-corrected chi connectivity index (χ3v) is 5.60. The second-order valence-electron chi connectivity index (χ2n) is 7.43. The molecule has 1 heterocycles. The van der Waals surface area contributed by atoms with E-state index >= 15 is 0 Å². The summed E-state index contributed by atoms with van der Waals surface area (Å²) in [5, 5.41) is 2.50. The molecule has 3 rings (SSSR count). The molecule has 0 radical (unpaired) electrons. The Hall–Kier alpha value is -1.82. The predicted molar refractivity (Wildman–Crippen MR) is 117 cm³/mol. The van der Waals surface area contributed by atoms with Gasteiger partial charge < -0.3 is 19.3 Å². The van der Waals surface area contributed by atoms with Gasteiger partial charge in [-0.2, -0.15) is 0 Å². The van der Waals surface area contributed by atoms with Crippen LogP contribution in [0.3, 0.4) is 0 Å². The molecule has 2 aromatic carbocycles. The third kappa shape index (κ3) is 5.58. The van der Waals surface area contributed by atoms with Gasteiger partial charge in [-0.25, -0.2) is 0 Å². The van der Waals surface area contributed by atoms with Gasteiger partial charge in [0.05, 0.1) is 13.2 Å². The second-order valence-corrected chi connectivity index (χ2v) is 8.51. The molecule has 0 spiro atoms. The predicted octanol–water partition coefficient (Wildman–Crippen LogP) is 4.72. The molecule has 0 saturated heterocycles. The lowest BCUT2D eigenvalue weighted by Crippen LogP contribution is -2.15. The van der Waals surface area contributed by atoms with Gasteiger partial charge in [-0.15, -0.1) is 11.3 Å². The monoisotopic (exact) mass is 386 g/mol. The van der Waals surface area contributed by atoms with Crippen LogP contribution in [0.5, 0.6) is 11.5 Å². The molecule has 0 bridgehead atoms. The van der Waals surface area contributed by atoms with Crippen LogP contribution in [0.1, 0.15) is 12.8 Å². The van der Waals surface area contributed by atoms with Crippen molar-refractivity contribution >= 4 is 31.5 Å². The molecule has 5 heteroatoms.